The van der Waals surface area contributed by atoms with Gasteiger partial charge in [0, 0.05) is 36.6 Å². The molecule has 7 heteroatoms. The molecule has 0 radical (unpaired) electrons. The second kappa shape index (κ2) is 7.95. The normalized spacial score (nSPS) is 16.3. The van der Waals surface area contributed by atoms with Crippen LogP contribution in [0.4, 0.5) is 0 Å². The van der Waals surface area contributed by atoms with Gasteiger partial charge < -0.3 is 18.9 Å². The molecule has 29 heavy (non-hydrogen) atoms. The van der Waals surface area contributed by atoms with E-state index in [1.54, 1.807) is 19.1 Å². The van der Waals surface area contributed by atoms with Gasteiger partial charge in [0.2, 0.25) is 5.91 Å². The Hall–Kier alpha value is -3.35. The Balaban J connectivity index is 1.49. The van der Waals surface area contributed by atoms with Gasteiger partial charge in [0.1, 0.15) is 11.5 Å². The van der Waals surface area contributed by atoms with Gasteiger partial charge in [0.25, 0.3) is 5.89 Å². The molecule has 0 aliphatic carbocycles. The number of amides is 1. The van der Waals surface area contributed by atoms with Crippen LogP contribution < -0.4 is 9.47 Å². The number of methoxy groups -OCH3 is 2. The molecule has 0 bridgehead atoms. The molecular formula is C22H23N3O4. The van der Waals surface area contributed by atoms with Crippen LogP contribution in [0.2, 0.25) is 0 Å². The molecule has 1 aliphatic heterocycles. The average molecular weight is 393 g/mol. The number of benzene rings is 2. The monoisotopic (exact) mass is 393 g/mol. The summed E-state index contributed by atoms with van der Waals surface area (Å²) in [7, 11) is 3.23. The maximum absolute atomic E-state index is 12.6. The molecule has 0 saturated carbocycles. The van der Waals surface area contributed by atoms with Crippen molar-refractivity contribution in [1.82, 2.24) is 15.0 Å². The number of carbonyl (C=O) groups excluding carboxylic acids is 1. The zero-order valence-electron chi connectivity index (χ0n) is 16.7. The molecule has 1 unspecified atom stereocenters. The van der Waals surface area contributed by atoms with Gasteiger partial charge in [-0.1, -0.05) is 22.9 Å². The first-order chi connectivity index (χ1) is 14.1. The van der Waals surface area contributed by atoms with Gasteiger partial charge in [-0.3, -0.25) is 4.79 Å². The van der Waals surface area contributed by atoms with Crippen molar-refractivity contribution in [2.75, 3.05) is 20.8 Å². The zero-order chi connectivity index (χ0) is 20.4. The van der Waals surface area contributed by atoms with Crippen LogP contribution in [0.5, 0.6) is 11.5 Å². The van der Waals surface area contributed by atoms with Gasteiger partial charge in [-0.05, 0) is 37.3 Å². The zero-order valence-corrected chi connectivity index (χ0v) is 16.7. The Bertz CT molecular complexity index is 1010. The standard InChI is InChI=1S/C22H23N3O4/c1-14-4-6-15(7-5-14)22-23-21(24-29-22)17-11-20(26)25(13-17)12-16-10-18(27-2)8-9-19(16)28-3/h4-10,17H,11-13H2,1-3H3. The third kappa shape index (κ3) is 3.94. The number of hydrogen-bond acceptors (Lipinski definition) is 6. The first kappa shape index (κ1) is 19.0. The number of carbonyl (C=O) groups is 1. The fourth-order valence-corrected chi connectivity index (χ4v) is 3.52. The van der Waals surface area contributed by atoms with E-state index in [-0.39, 0.29) is 11.8 Å². The van der Waals surface area contributed by atoms with Gasteiger partial charge in [-0.25, -0.2) is 0 Å². The number of nitrogens with zero attached hydrogens (tertiary/aromatic N) is 3. The number of hydrogen-bond donors (Lipinski definition) is 0. The molecule has 1 saturated heterocycles. The lowest BCUT2D eigenvalue weighted by molar-refractivity contribution is -0.128. The largest absolute Gasteiger partial charge is 0.497 e. The summed E-state index contributed by atoms with van der Waals surface area (Å²) in [6.45, 7) is 3.00. The Morgan fingerprint density at radius 1 is 1.14 bits per heavy atom. The molecule has 3 aromatic rings. The molecule has 0 N–H and O–H groups in total. The maximum atomic E-state index is 12.6. The molecular weight excluding hydrogens is 370 g/mol. The van der Waals surface area contributed by atoms with E-state index in [4.69, 9.17) is 14.0 Å². The summed E-state index contributed by atoms with van der Waals surface area (Å²) in [6, 6.07) is 13.5. The van der Waals surface area contributed by atoms with E-state index in [2.05, 4.69) is 10.1 Å². The van der Waals surface area contributed by atoms with Crippen molar-refractivity contribution in [2.24, 2.45) is 0 Å². The van der Waals surface area contributed by atoms with E-state index in [0.717, 1.165) is 22.6 Å². The minimum Gasteiger partial charge on any atom is -0.497 e. The molecule has 4 rings (SSSR count). The minimum atomic E-state index is -0.0953. The van der Waals surface area contributed by atoms with E-state index in [1.165, 1.54) is 5.56 Å². The summed E-state index contributed by atoms with van der Waals surface area (Å²) in [5.74, 6) is 2.45. The third-order valence-corrected chi connectivity index (χ3v) is 5.17. The summed E-state index contributed by atoms with van der Waals surface area (Å²) >= 11 is 0. The van der Waals surface area contributed by atoms with Crippen LogP contribution in [-0.4, -0.2) is 41.7 Å². The number of likely N-dealkylation sites (tertiary alicyclic amines) is 1. The molecule has 2 heterocycles. The molecule has 7 nitrogen and oxygen atoms in total. The summed E-state index contributed by atoms with van der Waals surface area (Å²) in [6.07, 6.45) is 0.360. The van der Waals surface area contributed by atoms with Gasteiger partial charge in [0.05, 0.1) is 14.2 Å². The molecule has 1 atom stereocenters. The Kier molecular flexibility index (Phi) is 5.20. The first-order valence-corrected chi connectivity index (χ1v) is 9.46. The predicted molar refractivity (Wildman–Crippen MR) is 107 cm³/mol. The lowest BCUT2D eigenvalue weighted by Crippen LogP contribution is -2.24. The average Bonchev–Trinajstić information content (AvgIpc) is 3.36. The fraction of sp³-hybridized carbons (Fsp3) is 0.318. The predicted octanol–water partition coefficient (Wildman–Crippen LogP) is 3.58. The lowest BCUT2D eigenvalue weighted by Gasteiger charge is -2.18. The highest BCUT2D eigenvalue weighted by atomic mass is 16.5. The smallest absolute Gasteiger partial charge is 0.257 e. The second-order valence-electron chi connectivity index (χ2n) is 7.18. The van der Waals surface area contributed by atoms with E-state index >= 15 is 0 Å². The van der Waals surface area contributed by atoms with Crippen molar-refractivity contribution >= 4 is 5.91 Å². The van der Waals surface area contributed by atoms with Gasteiger partial charge in [0.15, 0.2) is 5.82 Å². The molecule has 1 aliphatic rings. The Labute approximate surface area is 169 Å². The highest BCUT2D eigenvalue weighted by Gasteiger charge is 2.34. The molecule has 1 fully saturated rings. The van der Waals surface area contributed by atoms with Crippen LogP contribution in [0.1, 0.15) is 29.3 Å². The van der Waals surface area contributed by atoms with Crippen molar-refractivity contribution in [3.63, 3.8) is 0 Å². The maximum Gasteiger partial charge on any atom is 0.257 e. The number of aryl methyl sites for hydroxylation is 1. The number of rotatable bonds is 6. The summed E-state index contributed by atoms with van der Waals surface area (Å²) in [5.41, 5.74) is 2.93. The van der Waals surface area contributed by atoms with Gasteiger partial charge in [-0.2, -0.15) is 4.98 Å². The van der Waals surface area contributed by atoms with Crippen LogP contribution in [-0.2, 0) is 11.3 Å². The van der Waals surface area contributed by atoms with Crippen LogP contribution in [0, 0.1) is 6.92 Å². The second-order valence-corrected chi connectivity index (χ2v) is 7.18. The van der Waals surface area contributed by atoms with E-state index < -0.39 is 0 Å². The third-order valence-electron chi connectivity index (χ3n) is 5.17. The fourth-order valence-electron chi connectivity index (χ4n) is 3.52. The van der Waals surface area contributed by atoms with Crippen molar-refractivity contribution < 1.29 is 18.8 Å². The number of aromatic nitrogens is 2. The van der Waals surface area contributed by atoms with Crippen molar-refractivity contribution in [3.05, 3.63) is 59.4 Å². The highest BCUT2D eigenvalue weighted by molar-refractivity contribution is 5.79. The molecule has 0 spiro atoms. The van der Waals surface area contributed by atoms with Crippen molar-refractivity contribution in [1.29, 1.82) is 0 Å². The first-order valence-electron chi connectivity index (χ1n) is 9.46. The van der Waals surface area contributed by atoms with E-state index in [0.29, 0.717) is 31.2 Å². The molecule has 2 aromatic carbocycles. The SMILES string of the molecule is COc1ccc(OC)c(CN2CC(c3noc(-c4ccc(C)cc4)n3)CC2=O)c1. The van der Waals surface area contributed by atoms with E-state index in [1.807, 2.05) is 49.4 Å². The van der Waals surface area contributed by atoms with Crippen LogP contribution in [0.3, 0.4) is 0 Å². The van der Waals surface area contributed by atoms with Gasteiger partial charge in [-0.15, -0.1) is 0 Å². The molecule has 150 valence electrons. The van der Waals surface area contributed by atoms with Crippen molar-refractivity contribution in [3.8, 4) is 23.0 Å². The highest BCUT2D eigenvalue weighted by Crippen LogP contribution is 2.32. The van der Waals surface area contributed by atoms with E-state index in [9.17, 15) is 4.79 Å². The lowest BCUT2D eigenvalue weighted by atomic mass is 10.1. The summed E-state index contributed by atoms with van der Waals surface area (Å²) < 4.78 is 16.2. The quantitative estimate of drug-likeness (QED) is 0.637. The molecule has 1 aromatic heterocycles. The van der Waals surface area contributed by atoms with Crippen molar-refractivity contribution in [2.45, 2.75) is 25.8 Å². The minimum absolute atomic E-state index is 0.0570. The number of ether oxygens (including phenoxy) is 2. The topological polar surface area (TPSA) is 77.7 Å². The van der Waals surface area contributed by atoms with Crippen LogP contribution >= 0.6 is 0 Å². The Morgan fingerprint density at radius 2 is 1.93 bits per heavy atom. The molecule has 1 amide bonds. The summed E-state index contributed by atoms with van der Waals surface area (Å²) in [5, 5.41) is 4.12. The summed E-state index contributed by atoms with van der Waals surface area (Å²) in [4.78, 5) is 18.9. The Morgan fingerprint density at radius 3 is 2.66 bits per heavy atom. The van der Waals surface area contributed by atoms with Gasteiger partial charge >= 0.3 is 0 Å². The van der Waals surface area contributed by atoms with Crippen LogP contribution in [0.25, 0.3) is 11.5 Å². The van der Waals surface area contributed by atoms with Crippen LogP contribution in [0.15, 0.2) is 47.0 Å².